The summed E-state index contributed by atoms with van der Waals surface area (Å²) in [4.78, 5) is 22.2. The first-order chi connectivity index (χ1) is 6.93. The molecule has 1 aromatic carbocycles. The summed E-state index contributed by atoms with van der Waals surface area (Å²) in [6, 6.07) is 3.57. The van der Waals surface area contributed by atoms with Crippen molar-refractivity contribution in [3.63, 3.8) is 0 Å². The predicted octanol–water partition coefficient (Wildman–Crippen LogP) is 1.35. The van der Waals surface area contributed by atoms with Crippen molar-refractivity contribution in [2.45, 2.75) is 13.0 Å². The van der Waals surface area contributed by atoms with Gasteiger partial charge in [0.1, 0.15) is 0 Å². The van der Waals surface area contributed by atoms with Crippen molar-refractivity contribution >= 4 is 27.7 Å². The van der Waals surface area contributed by atoms with Gasteiger partial charge in [-0.1, -0.05) is 22.0 Å². The number of ketones is 1. The van der Waals surface area contributed by atoms with Gasteiger partial charge in [0.15, 0.2) is 11.8 Å². The molecule has 0 bridgehead atoms. The molecule has 0 aliphatic heterocycles. The van der Waals surface area contributed by atoms with Crippen molar-refractivity contribution < 1.29 is 14.7 Å². The van der Waals surface area contributed by atoms with Gasteiger partial charge in [-0.15, -0.1) is 0 Å². The zero-order chi connectivity index (χ0) is 11.6. The van der Waals surface area contributed by atoms with Gasteiger partial charge in [0.2, 0.25) is 0 Å². The molecule has 0 radical (unpaired) electrons. The number of halogens is 1. The van der Waals surface area contributed by atoms with Gasteiger partial charge < -0.3 is 10.8 Å². The van der Waals surface area contributed by atoms with Gasteiger partial charge in [-0.3, -0.25) is 9.59 Å². The van der Waals surface area contributed by atoms with E-state index in [1.165, 1.54) is 0 Å². The minimum absolute atomic E-state index is 0.333. The van der Waals surface area contributed by atoms with Gasteiger partial charge in [0.25, 0.3) is 0 Å². The van der Waals surface area contributed by atoms with Crippen LogP contribution in [0.15, 0.2) is 22.7 Å². The second-order valence-corrected chi connectivity index (χ2v) is 4.06. The third-order valence-corrected chi connectivity index (χ3v) is 2.51. The Hall–Kier alpha value is -1.20. The number of aliphatic carboxylic acids is 1. The minimum Gasteiger partial charge on any atom is -0.480 e. The van der Waals surface area contributed by atoms with E-state index in [0.29, 0.717) is 15.6 Å². The highest BCUT2D eigenvalue weighted by Gasteiger charge is 2.23. The van der Waals surface area contributed by atoms with Crippen LogP contribution in [0.1, 0.15) is 15.9 Å². The van der Waals surface area contributed by atoms with Crippen LogP contribution in [0.2, 0.25) is 0 Å². The highest BCUT2D eigenvalue weighted by atomic mass is 79.9. The third kappa shape index (κ3) is 2.64. The number of nitrogens with two attached hydrogens (primary N) is 1. The fourth-order valence-electron chi connectivity index (χ4n) is 1.14. The van der Waals surface area contributed by atoms with E-state index in [1.54, 1.807) is 25.1 Å². The van der Waals surface area contributed by atoms with Gasteiger partial charge in [0.05, 0.1) is 0 Å². The van der Waals surface area contributed by atoms with E-state index >= 15 is 0 Å². The van der Waals surface area contributed by atoms with Crippen molar-refractivity contribution in [1.29, 1.82) is 0 Å². The van der Waals surface area contributed by atoms with Gasteiger partial charge >= 0.3 is 5.97 Å². The molecule has 1 rings (SSSR count). The van der Waals surface area contributed by atoms with Crippen LogP contribution in [0.5, 0.6) is 0 Å². The number of hydrogen-bond acceptors (Lipinski definition) is 3. The number of Topliss-reactive ketones (excluding diaryl/α,β-unsaturated/α-hetero) is 1. The number of rotatable bonds is 3. The molecule has 0 saturated carbocycles. The molecule has 0 spiro atoms. The van der Waals surface area contributed by atoms with E-state index in [0.717, 1.165) is 0 Å². The zero-order valence-electron chi connectivity index (χ0n) is 8.03. The molecule has 1 atom stereocenters. The SMILES string of the molecule is Cc1ccc(Br)cc1C(=O)C(N)C(=O)O. The molecule has 0 fully saturated rings. The second-order valence-electron chi connectivity index (χ2n) is 3.14. The molecule has 0 aliphatic carbocycles. The Morgan fingerprint density at radius 2 is 2.07 bits per heavy atom. The maximum absolute atomic E-state index is 11.6. The van der Waals surface area contributed by atoms with E-state index in [9.17, 15) is 9.59 Å². The smallest absolute Gasteiger partial charge is 0.328 e. The molecule has 3 N–H and O–H groups in total. The highest BCUT2D eigenvalue weighted by molar-refractivity contribution is 9.10. The number of hydrogen-bond donors (Lipinski definition) is 2. The molecule has 4 nitrogen and oxygen atoms in total. The highest BCUT2D eigenvalue weighted by Crippen LogP contribution is 2.17. The fraction of sp³-hybridized carbons (Fsp3) is 0.200. The maximum Gasteiger partial charge on any atom is 0.328 e. The summed E-state index contributed by atoms with van der Waals surface area (Å²) < 4.78 is 0.717. The lowest BCUT2D eigenvalue weighted by atomic mass is 10.0. The van der Waals surface area contributed by atoms with Gasteiger partial charge in [-0.2, -0.15) is 0 Å². The molecule has 0 heterocycles. The molecule has 80 valence electrons. The van der Waals surface area contributed by atoms with Gasteiger partial charge in [0, 0.05) is 10.0 Å². The Balaban J connectivity index is 3.11. The van der Waals surface area contributed by atoms with Gasteiger partial charge in [-0.25, -0.2) is 0 Å². The number of carboxylic acids is 1. The fourth-order valence-corrected chi connectivity index (χ4v) is 1.50. The lowest BCUT2D eigenvalue weighted by Crippen LogP contribution is -2.38. The van der Waals surface area contributed by atoms with Crippen LogP contribution in [-0.4, -0.2) is 22.9 Å². The van der Waals surface area contributed by atoms with Crippen LogP contribution in [0, 0.1) is 6.92 Å². The van der Waals surface area contributed by atoms with E-state index in [4.69, 9.17) is 10.8 Å². The van der Waals surface area contributed by atoms with E-state index in [1.807, 2.05) is 0 Å². The molecule has 0 saturated heterocycles. The van der Waals surface area contributed by atoms with Crippen molar-refractivity contribution in [3.05, 3.63) is 33.8 Å². The number of carboxylic acid groups (broad SMARTS) is 1. The average molecular weight is 272 g/mol. The predicted molar refractivity (Wildman–Crippen MR) is 58.8 cm³/mol. The van der Waals surface area contributed by atoms with Crippen molar-refractivity contribution in [2.24, 2.45) is 5.73 Å². The quantitative estimate of drug-likeness (QED) is 0.643. The minimum atomic E-state index is -1.50. The van der Waals surface area contributed by atoms with E-state index < -0.39 is 17.8 Å². The topological polar surface area (TPSA) is 80.4 Å². The zero-order valence-corrected chi connectivity index (χ0v) is 9.61. The van der Waals surface area contributed by atoms with Crippen molar-refractivity contribution in [3.8, 4) is 0 Å². The average Bonchev–Trinajstić information content (AvgIpc) is 2.19. The number of carbonyl (C=O) groups excluding carboxylic acids is 1. The first-order valence-electron chi connectivity index (χ1n) is 4.22. The molecule has 1 unspecified atom stereocenters. The summed E-state index contributed by atoms with van der Waals surface area (Å²) in [6.07, 6.45) is 0. The summed E-state index contributed by atoms with van der Waals surface area (Å²) in [6.45, 7) is 1.73. The Morgan fingerprint density at radius 1 is 1.47 bits per heavy atom. The molecular weight excluding hydrogens is 262 g/mol. The summed E-state index contributed by atoms with van der Waals surface area (Å²) in [5, 5.41) is 8.62. The Bertz CT molecular complexity index is 417. The lowest BCUT2D eigenvalue weighted by Gasteiger charge is -2.08. The first kappa shape index (κ1) is 11.9. The van der Waals surface area contributed by atoms with E-state index in [-0.39, 0.29) is 0 Å². The van der Waals surface area contributed by atoms with Crippen molar-refractivity contribution in [1.82, 2.24) is 0 Å². The van der Waals surface area contributed by atoms with E-state index in [2.05, 4.69) is 15.9 Å². The van der Waals surface area contributed by atoms with Crippen LogP contribution in [0.4, 0.5) is 0 Å². The molecule has 0 amide bonds. The van der Waals surface area contributed by atoms with Crippen LogP contribution in [0.25, 0.3) is 0 Å². The summed E-state index contributed by atoms with van der Waals surface area (Å²) in [5.74, 6) is -1.90. The Morgan fingerprint density at radius 3 is 2.60 bits per heavy atom. The monoisotopic (exact) mass is 271 g/mol. The maximum atomic E-state index is 11.6. The third-order valence-electron chi connectivity index (χ3n) is 2.01. The molecule has 1 aromatic rings. The molecule has 15 heavy (non-hydrogen) atoms. The molecule has 0 aliphatic rings. The first-order valence-corrected chi connectivity index (χ1v) is 5.01. The Labute approximate surface area is 95.2 Å². The van der Waals surface area contributed by atoms with Crippen molar-refractivity contribution in [2.75, 3.05) is 0 Å². The molecular formula is C10H10BrNO3. The number of benzene rings is 1. The summed E-state index contributed by atoms with van der Waals surface area (Å²) in [7, 11) is 0. The number of carbonyl (C=O) groups is 2. The molecule has 0 aromatic heterocycles. The normalized spacial score (nSPS) is 12.2. The summed E-state index contributed by atoms with van der Waals surface area (Å²) in [5.41, 5.74) is 6.29. The summed E-state index contributed by atoms with van der Waals surface area (Å²) >= 11 is 3.21. The largest absolute Gasteiger partial charge is 0.480 e. The van der Waals surface area contributed by atoms with Gasteiger partial charge in [-0.05, 0) is 24.6 Å². The van der Waals surface area contributed by atoms with Crippen LogP contribution in [0.3, 0.4) is 0 Å². The lowest BCUT2D eigenvalue weighted by molar-refractivity contribution is -0.137. The standard InChI is InChI=1S/C10H10BrNO3/c1-5-2-3-6(11)4-7(5)9(13)8(12)10(14)15/h2-4,8H,12H2,1H3,(H,14,15). The van der Waals surface area contributed by atoms with Crippen LogP contribution >= 0.6 is 15.9 Å². The second kappa shape index (κ2) is 4.55. The van der Waals surface area contributed by atoms with Crippen LogP contribution in [-0.2, 0) is 4.79 Å². The van der Waals surface area contributed by atoms with Crippen LogP contribution < -0.4 is 5.73 Å². The number of aryl methyl sites for hydroxylation is 1. The Kier molecular flexibility index (Phi) is 3.60. The molecule has 5 heteroatoms.